The van der Waals surface area contributed by atoms with E-state index in [4.69, 9.17) is 15.2 Å². The highest BCUT2D eigenvalue weighted by Gasteiger charge is 2.16. The Labute approximate surface area is 139 Å². The Bertz CT molecular complexity index is 712. The van der Waals surface area contributed by atoms with Gasteiger partial charge in [-0.2, -0.15) is 0 Å². The average molecular weight is 333 g/mol. The van der Waals surface area contributed by atoms with Gasteiger partial charge in [-0.05, 0) is 44.5 Å². The fourth-order valence-electron chi connectivity index (χ4n) is 1.79. The third-order valence-corrected chi connectivity index (χ3v) is 2.81. The predicted octanol–water partition coefficient (Wildman–Crippen LogP) is 3.62. The van der Waals surface area contributed by atoms with Crippen LogP contribution in [-0.2, 0) is 11.3 Å². The summed E-state index contributed by atoms with van der Waals surface area (Å²) < 4.78 is 24.6. The zero-order chi connectivity index (χ0) is 17.7. The number of benzene rings is 1. The van der Waals surface area contributed by atoms with E-state index in [1.165, 1.54) is 18.3 Å². The van der Waals surface area contributed by atoms with Crippen molar-refractivity contribution in [3.63, 3.8) is 0 Å². The van der Waals surface area contributed by atoms with Crippen LogP contribution in [0.4, 0.5) is 14.9 Å². The third kappa shape index (κ3) is 5.42. The third-order valence-electron chi connectivity index (χ3n) is 2.81. The van der Waals surface area contributed by atoms with E-state index in [0.29, 0.717) is 11.3 Å². The standard InChI is InChI=1S/C17H20FN3O3/c1-17(2,3)24-16(22)21-9-11-4-6-14(13(18)8-11)23-15-7-5-12(19)10-20-15/h4-8,10H,9,19H2,1-3H3,(H,21,22). The molecule has 7 heteroatoms. The fourth-order valence-corrected chi connectivity index (χ4v) is 1.79. The first kappa shape index (κ1) is 17.5. The maximum atomic E-state index is 14.1. The van der Waals surface area contributed by atoms with Crippen molar-refractivity contribution < 1.29 is 18.7 Å². The molecule has 1 amide bonds. The number of nitrogens with two attached hydrogens (primary N) is 1. The van der Waals surface area contributed by atoms with E-state index in [1.54, 1.807) is 39.0 Å². The normalized spacial score (nSPS) is 11.0. The molecule has 1 aromatic carbocycles. The second-order valence-electron chi connectivity index (χ2n) is 6.15. The number of hydrogen-bond donors (Lipinski definition) is 2. The summed E-state index contributed by atoms with van der Waals surface area (Å²) in [5, 5.41) is 2.56. The van der Waals surface area contributed by atoms with E-state index in [1.807, 2.05) is 0 Å². The van der Waals surface area contributed by atoms with Gasteiger partial charge in [0.25, 0.3) is 0 Å². The van der Waals surface area contributed by atoms with E-state index in [2.05, 4.69) is 10.3 Å². The number of nitrogens with zero attached hydrogens (tertiary/aromatic N) is 1. The monoisotopic (exact) mass is 333 g/mol. The highest BCUT2D eigenvalue weighted by Crippen LogP contribution is 2.24. The lowest BCUT2D eigenvalue weighted by molar-refractivity contribution is 0.0523. The smallest absolute Gasteiger partial charge is 0.407 e. The molecular formula is C17H20FN3O3. The Morgan fingerprint density at radius 3 is 2.62 bits per heavy atom. The zero-order valence-corrected chi connectivity index (χ0v) is 13.8. The number of nitrogens with one attached hydrogen (secondary N) is 1. The van der Waals surface area contributed by atoms with E-state index >= 15 is 0 Å². The number of anilines is 1. The highest BCUT2D eigenvalue weighted by atomic mass is 19.1. The first-order valence-electron chi connectivity index (χ1n) is 7.37. The number of pyridine rings is 1. The molecule has 0 spiro atoms. The molecule has 0 saturated heterocycles. The number of rotatable bonds is 4. The lowest BCUT2D eigenvalue weighted by Gasteiger charge is -2.19. The van der Waals surface area contributed by atoms with Crippen molar-refractivity contribution >= 4 is 11.8 Å². The van der Waals surface area contributed by atoms with Gasteiger partial charge in [-0.25, -0.2) is 14.2 Å². The second-order valence-corrected chi connectivity index (χ2v) is 6.15. The van der Waals surface area contributed by atoms with Gasteiger partial charge in [0.1, 0.15) is 5.60 Å². The molecule has 0 fully saturated rings. The van der Waals surface area contributed by atoms with Crippen LogP contribution in [0.15, 0.2) is 36.5 Å². The summed E-state index contributed by atoms with van der Waals surface area (Å²) in [4.78, 5) is 15.5. The number of nitrogen functional groups attached to an aromatic ring is 1. The van der Waals surface area contributed by atoms with Crippen molar-refractivity contribution in [2.45, 2.75) is 32.9 Å². The molecule has 0 aliphatic heterocycles. The van der Waals surface area contributed by atoms with Crippen molar-refractivity contribution in [1.82, 2.24) is 10.3 Å². The van der Waals surface area contributed by atoms with Gasteiger partial charge in [-0.3, -0.25) is 0 Å². The molecule has 2 aromatic rings. The van der Waals surface area contributed by atoms with Gasteiger partial charge >= 0.3 is 6.09 Å². The van der Waals surface area contributed by atoms with Crippen LogP contribution in [0, 0.1) is 5.82 Å². The summed E-state index contributed by atoms with van der Waals surface area (Å²) >= 11 is 0. The number of hydrogen-bond acceptors (Lipinski definition) is 5. The number of ether oxygens (including phenoxy) is 2. The summed E-state index contributed by atoms with van der Waals surface area (Å²) in [6.45, 7) is 5.45. The fraction of sp³-hybridized carbons (Fsp3) is 0.294. The van der Waals surface area contributed by atoms with E-state index in [0.717, 1.165) is 0 Å². The van der Waals surface area contributed by atoms with Crippen LogP contribution in [0.5, 0.6) is 11.6 Å². The Hall–Kier alpha value is -2.83. The number of carbonyl (C=O) groups is 1. The molecule has 0 radical (unpaired) electrons. The molecule has 24 heavy (non-hydrogen) atoms. The Morgan fingerprint density at radius 2 is 2.04 bits per heavy atom. The summed E-state index contributed by atoms with van der Waals surface area (Å²) in [7, 11) is 0. The number of alkyl carbamates (subject to hydrolysis) is 1. The lowest BCUT2D eigenvalue weighted by atomic mass is 10.2. The van der Waals surface area contributed by atoms with Crippen LogP contribution in [0.1, 0.15) is 26.3 Å². The second kappa shape index (κ2) is 7.16. The average Bonchev–Trinajstić information content (AvgIpc) is 2.48. The first-order chi connectivity index (χ1) is 11.2. The van der Waals surface area contributed by atoms with E-state index in [9.17, 15) is 9.18 Å². The van der Waals surface area contributed by atoms with Crippen LogP contribution in [-0.4, -0.2) is 16.7 Å². The van der Waals surface area contributed by atoms with Crippen LogP contribution >= 0.6 is 0 Å². The predicted molar refractivity (Wildman–Crippen MR) is 88.2 cm³/mol. The minimum Gasteiger partial charge on any atom is -0.444 e. The van der Waals surface area contributed by atoms with Crippen molar-refractivity contribution in [1.29, 1.82) is 0 Å². The molecular weight excluding hydrogens is 313 g/mol. The van der Waals surface area contributed by atoms with Crippen molar-refractivity contribution in [3.8, 4) is 11.6 Å². The Kier molecular flexibility index (Phi) is 5.23. The molecule has 128 valence electrons. The Morgan fingerprint density at radius 1 is 1.29 bits per heavy atom. The summed E-state index contributed by atoms with van der Waals surface area (Å²) in [6, 6.07) is 7.56. The van der Waals surface area contributed by atoms with Crippen LogP contribution in [0.2, 0.25) is 0 Å². The van der Waals surface area contributed by atoms with Crippen molar-refractivity contribution in [2.75, 3.05) is 5.73 Å². The van der Waals surface area contributed by atoms with Gasteiger partial charge in [0.15, 0.2) is 11.6 Å². The maximum absolute atomic E-state index is 14.1. The Balaban J connectivity index is 1.96. The molecule has 0 aliphatic carbocycles. The van der Waals surface area contributed by atoms with Crippen LogP contribution in [0.3, 0.4) is 0 Å². The summed E-state index contributed by atoms with van der Waals surface area (Å²) in [6.07, 6.45) is 0.862. The molecule has 3 N–H and O–H groups in total. The molecule has 1 aromatic heterocycles. The zero-order valence-electron chi connectivity index (χ0n) is 13.8. The summed E-state index contributed by atoms with van der Waals surface area (Å²) in [5.74, 6) is -0.284. The molecule has 0 atom stereocenters. The largest absolute Gasteiger partial charge is 0.444 e. The summed E-state index contributed by atoms with van der Waals surface area (Å²) in [5.41, 5.74) is 6.02. The van der Waals surface area contributed by atoms with Gasteiger partial charge < -0.3 is 20.5 Å². The quantitative estimate of drug-likeness (QED) is 0.892. The van der Waals surface area contributed by atoms with Gasteiger partial charge in [0, 0.05) is 12.6 Å². The highest BCUT2D eigenvalue weighted by molar-refractivity contribution is 5.67. The van der Waals surface area contributed by atoms with Gasteiger partial charge in [0.05, 0.1) is 11.9 Å². The molecule has 6 nitrogen and oxygen atoms in total. The van der Waals surface area contributed by atoms with Gasteiger partial charge in [-0.15, -0.1) is 0 Å². The number of amides is 1. The topological polar surface area (TPSA) is 86.5 Å². The minimum absolute atomic E-state index is 0.0355. The molecule has 0 bridgehead atoms. The first-order valence-corrected chi connectivity index (χ1v) is 7.37. The minimum atomic E-state index is -0.584. The van der Waals surface area contributed by atoms with E-state index < -0.39 is 17.5 Å². The lowest BCUT2D eigenvalue weighted by Crippen LogP contribution is -2.32. The van der Waals surface area contributed by atoms with Crippen LogP contribution in [0.25, 0.3) is 0 Å². The van der Waals surface area contributed by atoms with Gasteiger partial charge in [-0.1, -0.05) is 6.07 Å². The molecule has 0 saturated carbocycles. The SMILES string of the molecule is CC(C)(C)OC(=O)NCc1ccc(Oc2ccc(N)cn2)c(F)c1. The van der Waals surface area contributed by atoms with Gasteiger partial charge in [0.2, 0.25) is 5.88 Å². The van der Waals surface area contributed by atoms with Crippen molar-refractivity contribution in [3.05, 3.63) is 47.9 Å². The molecule has 0 unspecified atom stereocenters. The number of halogens is 1. The number of aromatic nitrogens is 1. The number of carbonyl (C=O) groups excluding carboxylic acids is 1. The van der Waals surface area contributed by atoms with E-state index in [-0.39, 0.29) is 18.2 Å². The molecule has 0 aliphatic rings. The molecule has 1 heterocycles. The van der Waals surface area contributed by atoms with Crippen molar-refractivity contribution in [2.24, 2.45) is 0 Å². The van der Waals surface area contributed by atoms with Crippen LogP contribution < -0.4 is 15.8 Å². The maximum Gasteiger partial charge on any atom is 0.407 e. The molecule has 2 rings (SSSR count).